The van der Waals surface area contributed by atoms with E-state index in [4.69, 9.17) is 18.9 Å². The molecule has 9 nitrogen and oxygen atoms in total. The number of fused-ring (bicyclic) bond motifs is 1. The second-order valence-electron chi connectivity index (χ2n) is 6.95. The van der Waals surface area contributed by atoms with Gasteiger partial charge in [-0.3, -0.25) is 9.59 Å². The van der Waals surface area contributed by atoms with Gasteiger partial charge in [0.25, 0.3) is 0 Å². The van der Waals surface area contributed by atoms with Crippen LogP contribution in [0.3, 0.4) is 0 Å². The van der Waals surface area contributed by atoms with Gasteiger partial charge in [-0.2, -0.15) is 0 Å². The van der Waals surface area contributed by atoms with Gasteiger partial charge in [-0.1, -0.05) is 23.4 Å². The summed E-state index contributed by atoms with van der Waals surface area (Å²) in [7, 11) is 5.64. The van der Waals surface area contributed by atoms with E-state index < -0.39 is 11.4 Å². The molecule has 0 saturated heterocycles. The Morgan fingerprint density at radius 1 is 1.00 bits per heavy atom. The van der Waals surface area contributed by atoms with E-state index in [1.54, 1.807) is 24.3 Å². The third-order valence-corrected chi connectivity index (χ3v) is 5.81. The number of anilines is 1. The van der Waals surface area contributed by atoms with Gasteiger partial charge in [-0.15, -0.1) is 0 Å². The summed E-state index contributed by atoms with van der Waals surface area (Å²) in [5.41, 5.74) is 1.29. The van der Waals surface area contributed by atoms with Crippen LogP contribution in [-0.4, -0.2) is 51.1 Å². The quantitative estimate of drug-likeness (QED) is 0.379. The third-order valence-electron chi connectivity index (χ3n) is 4.81. The minimum Gasteiger partial charge on any atom is -0.493 e. The van der Waals surface area contributed by atoms with Crippen LogP contribution >= 0.6 is 11.8 Å². The summed E-state index contributed by atoms with van der Waals surface area (Å²) in [5.74, 6) is -0.0291. The molecule has 0 aliphatic carbocycles. The van der Waals surface area contributed by atoms with Gasteiger partial charge in [0.2, 0.25) is 17.1 Å². The van der Waals surface area contributed by atoms with E-state index in [1.807, 2.05) is 13.0 Å². The van der Waals surface area contributed by atoms with Crippen LogP contribution in [0.25, 0.3) is 10.9 Å². The van der Waals surface area contributed by atoms with Crippen LogP contribution in [-0.2, 0) is 9.53 Å². The first-order valence-corrected chi connectivity index (χ1v) is 10.8. The Balaban J connectivity index is 1.87. The maximum atomic E-state index is 13.0. The molecule has 0 atom stereocenters. The van der Waals surface area contributed by atoms with Crippen molar-refractivity contribution in [3.05, 3.63) is 51.7 Å². The number of aryl methyl sites for hydroxylation is 1. The fraction of sp³-hybridized carbons (Fsp3) is 0.261. The van der Waals surface area contributed by atoms with E-state index in [-0.39, 0.29) is 22.2 Å². The molecule has 1 aromatic heterocycles. The van der Waals surface area contributed by atoms with Gasteiger partial charge in [-0.25, -0.2) is 4.79 Å². The molecule has 3 aromatic rings. The predicted molar refractivity (Wildman–Crippen MR) is 126 cm³/mol. The highest BCUT2D eigenvalue weighted by molar-refractivity contribution is 8.00. The monoisotopic (exact) mass is 472 g/mol. The topological polar surface area (TPSA) is 116 Å². The van der Waals surface area contributed by atoms with Crippen LogP contribution in [0.1, 0.15) is 15.9 Å². The Morgan fingerprint density at radius 2 is 1.67 bits per heavy atom. The molecule has 0 aliphatic rings. The Bertz CT molecular complexity index is 1240. The molecule has 0 spiro atoms. The second-order valence-corrected chi connectivity index (χ2v) is 7.94. The molecule has 1 heterocycles. The van der Waals surface area contributed by atoms with Crippen LogP contribution in [0.15, 0.2) is 40.2 Å². The summed E-state index contributed by atoms with van der Waals surface area (Å²) in [6, 6.07) is 8.51. The summed E-state index contributed by atoms with van der Waals surface area (Å²) in [6.07, 6.45) is 0. The van der Waals surface area contributed by atoms with Crippen molar-refractivity contribution < 1.29 is 28.5 Å². The normalized spacial score (nSPS) is 10.6. The van der Waals surface area contributed by atoms with Crippen molar-refractivity contribution in [2.24, 2.45) is 0 Å². The summed E-state index contributed by atoms with van der Waals surface area (Å²) >= 11 is 1.02. The van der Waals surface area contributed by atoms with E-state index in [0.717, 1.165) is 17.3 Å². The lowest BCUT2D eigenvalue weighted by Crippen LogP contribution is -2.20. The Kier molecular flexibility index (Phi) is 7.49. The first-order valence-electron chi connectivity index (χ1n) is 9.80. The van der Waals surface area contributed by atoms with Gasteiger partial charge in [0, 0.05) is 23.2 Å². The zero-order valence-corrected chi connectivity index (χ0v) is 19.7. The lowest BCUT2D eigenvalue weighted by molar-refractivity contribution is -0.113. The van der Waals surface area contributed by atoms with Gasteiger partial charge in [0.05, 0.1) is 44.7 Å². The molecule has 3 rings (SSSR count). The number of carbonyl (C=O) groups is 2. The number of aromatic amines is 1. The zero-order valence-electron chi connectivity index (χ0n) is 18.9. The minimum atomic E-state index is -0.771. The molecule has 0 aliphatic heterocycles. The lowest BCUT2D eigenvalue weighted by Gasteiger charge is -2.15. The molecule has 0 fully saturated rings. The van der Waals surface area contributed by atoms with Gasteiger partial charge in [-0.05, 0) is 19.1 Å². The fourth-order valence-corrected chi connectivity index (χ4v) is 4.11. The van der Waals surface area contributed by atoms with Crippen LogP contribution < -0.4 is 25.0 Å². The molecule has 33 heavy (non-hydrogen) atoms. The van der Waals surface area contributed by atoms with E-state index >= 15 is 0 Å². The van der Waals surface area contributed by atoms with Crippen molar-refractivity contribution in [2.75, 3.05) is 39.5 Å². The van der Waals surface area contributed by atoms with Crippen molar-refractivity contribution in [3.63, 3.8) is 0 Å². The van der Waals surface area contributed by atoms with Gasteiger partial charge in [0.15, 0.2) is 11.5 Å². The number of hydrogen-bond acceptors (Lipinski definition) is 8. The number of aromatic nitrogens is 1. The Hall–Kier alpha value is -3.66. The van der Waals surface area contributed by atoms with Crippen LogP contribution in [0.2, 0.25) is 0 Å². The highest BCUT2D eigenvalue weighted by atomic mass is 32.2. The number of pyridine rings is 1. The maximum Gasteiger partial charge on any atom is 0.344 e. The number of H-pyrrole nitrogens is 1. The highest BCUT2D eigenvalue weighted by Crippen LogP contribution is 2.40. The lowest BCUT2D eigenvalue weighted by atomic mass is 10.1. The van der Waals surface area contributed by atoms with Crippen molar-refractivity contribution in [3.8, 4) is 17.2 Å². The Labute approximate surface area is 194 Å². The van der Waals surface area contributed by atoms with Gasteiger partial charge >= 0.3 is 5.97 Å². The number of esters is 1. The molecule has 2 N–H and O–H groups in total. The van der Waals surface area contributed by atoms with Crippen LogP contribution in [0.4, 0.5) is 5.69 Å². The minimum absolute atomic E-state index is 0.0754. The third kappa shape index (κ3) is 5.06. The highest BCUT2D eigenvalue weighted by Gasteiger charge is 2.21. The SMILES string of the molecule is COC(=O)c1c(SCC(=O)Nc2cc(OC)c(OC)c(OC)c2)[nH]c2ccc(C)cc2c1=O. The number of nitrogens with one attached hydrogen (secondary N) is 2. The van der Waals surface area contributed by atoms with Crippen molar-refractivity contribution >= 4 is 40.2 Å². The van der Waals surface area contributed by atoms with Crippen molar-refractivity contribution in [2.45, 2.75) is 11.9 Å². The maximum absolute atomic E-state index is 13.0. The summed E-state index contributed by atoms with van der Waals surface area (Å²) in [4.78, 5) is 41.0. The van der Waals surface area contributed by atoms with E-state index in [1.165, 1.54) is 28.4 Å². The predicted octanol–water partition coefficient (Wildman–Crippen LogP) is 3.38. The van der Waals surface area contributed by atoms with Gasteiger partial charge in [0.1, 0.15) is 5.56 Å². The fourth-order valence-electron chi connectivity index (χ4n) is 3.26. The number of methoxy groups -OCH3 is 4. The zero-order chi connectivity index (χ0) is 24.1. The Morgan fingerprint density at radius 3 is 2.24 bits per heavy atom. The number of rotatable bonds is 8. The molecular formula is C23H24N2O7S. The molecule has 0 radical (unpaired) electrons. The van der Waals surface area contributed by atoms with E-state index in [9.17, 15) is 14.4 Å². The molecule has 10 heteroatoms. The molecule has 174 valence electrons. The number of benzene rings is 2. The summed E-state index contributed by atoms with van der Waals surface area (Å²) < 4.78 is 20.7. The largest absolute Gasteiger partial charge is 0.493 e. The van der Waals surface area contributed by atoms with Crippen LogP contribution in [0.5, 0.6) is 17.2 Å². The number of thioether (sulfide) groups is 1. The standard InChI is InChI=1S/C23H24N2O7S/c1-12-6-7-15-14(8-12)20(27)19(23(28)32-5)22(25-15)33-11-18(26)24-13-9-16(29-2)21(31-4)17(10-13)30-3/h6-10H,11H2,1-5H3,(H,24,26)(H,25,27). The molecular weight excluding hydrogens is 448 g/mol. The first-order chi connectivity index (χ1) is 15.8. The summed E-state index contributed by atoms with van der Waals surface area (Å²) in [6.45, 7) is 1.85. The number of carbonyl (C=O) groups excluding carboxylic acids is 2. The average molecular weight is 473 g/mol. The number of amides is 1. The molecule has 2 aromatic carbocycles. The van der Waals surface area contributed by atoms with E-state index in [0.29, 0.717) is 33.8 Å². The first kappa shape index (κ1) is 24.0. The van der Waals surface area contributed by atoms with E-state index in [2.05, 4.69) is 10.3 Å². The average Bonchev–Trinajstić information content (AvgIpc) is 2.82. The van der Waals surface area contributed by atoms with Crippen molar-refractivity contribution in [1.82, 2.24) is 4.98 Å². The van der Waals surface area contributed by atoms with Crippen molar-refractivity contribution in [1.29, 1.82) is 0 Å². The summed E-state index contributed by atoms with van der Waals surface area (Å²) in [5, 5.41) is 3.38. The molecule has 1 amide bonds. The number of ether oxygens (including phenoxy) is 4. The van der Waals surface area contributed by atoms with Crippen LogP contribution in [0, 0.1) is 6.92 Å². The smallest absolute Gasteiger partial charge is 0.344 e. The van der Waals surface area contributed by atoms with Gasteiger partial charge < -0.3 is 29.2 Å². The molecule has 0 saturated carbocycles. The molecule has 0 unspecified atom stereocenters. The molecule has 0 bridgehead atoms. The number of hydrogen-bond donors (Lipinski definition) is 2. The second kappa shape index (κ2) is 10.3.